The van der Waals surface area contributed by atoms with Gasteiger partial charge in [0.05, 0.1) is 4.83 Å². The van der Waals surface area contributed by atoms with Gasteiger partial charge in [-0.3, -0.25) is 0 Å². The molecule has 1 heteroatoms. The Kier molecular flexibility index (Phi) is 4.90. The van der Waals surface area contributed by atoms with Crippen molar-refractivity contribution < 1.29 is 0 Å². The highest BCUT2D eigenvalue weighted by atomic mass is 79.9. The lowest BCUT2D eigenvalue weighted by Gasteiger charge is -2.12. The molecule has 0 bridgehead atoms. The summed E-state index contributed by atoms with van der Waals surface area (Å²) in [6, 6.07) is 0. The van der Waals surface area contributed by atoms with Gasteiger partial charge < -0.3 is 0 Å². The van der Waals surface area contributed by atoms with Gasteiger partial charge in [0.25, 0.3) is 0 Å². The SMILES string of the molecule is C#CC(Br)C(CC)CC. The molecule has 0 fully saturated rings. The Balaban J connectivity index is 3.67. The van der Waals surface area contributed by atoms with Gasteiger partial charge in [-0.05, 0) is 5.92 Å². The normalized spacial score (nSPS) is 13.2. The van der Waals surface area contributed by atoms with E-state index < -0.39 is 0 Å². The average Bonchev–Trinajstić information content (AvgIpc) is 1.90. The first-order chi connectivity index (χ1) is 4.26. The summed E-state index contributed by atoms with van der Waals surface area (Å²) in [7, 11) is 0. The molecule has 0 aromatic carbocycles. The first-order valence-electron chi connectivity index (χ1n) is 3.36. The molecular weight excluding hydrogens is 176 g/mol. The lowest BCUT2D eigenvalue weighted by atomic mass is 10.0. The summed E-state index contributed by atoms with van der Waals surface area (Å²) in [5.74, 6) is 3.33. The molecule has 0 aromatic heterocycles. The molecule has 0 aromatic rings. The molecular formula is C8H13Br. The highest BCUT2D eigenvalue weighted by Crippen LogP contribution is 2.18. The van der Waals surface area contributed by atoms with Crippen LogP contribution in [0.1, 0.15) is 26.7 Å². The van der Waals surface area contributed by atoms with Gasteiger partial charge in [0.1, 0.15) is 0 Å². The van der Waals surface area contributed by atoms with E-state index in [9.17, 15) is 0 Å². The Morgan fingerprint density at radius 3 is 2.00 bits per heavy atom. The van der Waals surface area contributed by atoms with Crippen LogP contribution in [0.25, 0.3) is 0 Å². The molecule has 1 unspecified atom stereocenters. The largest absolute Gasteiger partial charge is 0.119 e. The minimum Gasteiger partial charge on any atom is -0.119 e. The molecule has 0 aliphatic rings. The smallest absolute Gasteiger partial charge is 0.0779 e. The second kappa shape index (κ2) is 4.88. The van der Waals surface area contributed by atoms with E-state index in [1.165, 1.54) is 0 Å². The number of terminal acetylenes is 1. The summed E-state index contributed by atoms with van der Waals surface area (Å²) in [5.41, 5.74) is 0. The predicted octanol–water partition coefficient (Wildman–Crippen LogP) is 2.82. The number of hydrogen-bond donors (Lipinski definition) is 0. The lowest BCUT2D eigenvalue weighted by Crippen LogP contribution is -2.09. The van der Waals surface area contributed by atoms with Crippen molar-refractivity contribution in [1.82, 2.24) is 0 Å². The lowest BCUT2D eigenvalue weighted by molar-refractivity contribution is 0.521. The maximum Gasteiger partial charge on any atom is 0.0779 e. The summed E-state index contributed by atoms with van der Waals surface area (Å²) in [6.07, 6.45) is 7.55. The molecule has 0 N–H and O–H groups in total. The van der Waals surface area contributed by atoms with Crippen molar-refractivity contribution in [3.05, 3.63) is 0 Å². The van der Waals surface area contributed by atoms with Crippen molar-refractivity contribution in [2.24, 2.45) is 5.92 Å². The molecule has 0 saturated heterocycles. The van der Waals surface area contributed by atoms with E-state index in [1.54, 1.807) is 0 Å². The molecule has 0 aliphatic carbocycles. The summed E-state index contributed by atoms with van der Waals surface area (Å²) >= 11 is 3.43. The number of alkyl halides is 1. The van der Waals surface area contributed by atoms with Crippen molar-refractivity contribution >= 4 is 15.9 Å². The minimum absolute atomic E-state index is 0.271. The molecule has 0 radical (unpaired) electrons. The highest BCUT2D eigenvalue weighted by Gasteiger charge is 2.10. The molecule has 0 rings (SSSR count). The fraction of sp³-hybridized carbons (Fsp3) is 0.750. The van der Waals surface area contributed by atoms with E-state index in [-0.39, 0.29) is 4.83 Å². The van der Waals surface area contributed by atoms with Crippen LogP contribution in [0.3, 0.4) is 0 Å². The van der Waals surface area contributed by atoms with E-state index in [4.69, 9.17) is 6.42 Å². The van der Waals surface area contributed by atoms with Crippen LogP contribution in [-0.2, 0) is 0 Å². The van der Waals surface area contributed by atoms with Crippen LogP contribution < -0.4 is 0 Å². The van der Waals surface area contributed by atoms with Crippen LogP contribution in [-0.4, -0.2) is 4.83 Å². The van der Waals surface area contributed by atoms with Crippen LogP contribution in [0.15, 0.2) is 0 Å². The quantitative estimate of drug-likeness (QED) is 0.473. The van der Waals surface area contributed by atoms with Gasteiger partial charge in [-0.1, -0.05) is 48.5 Å². The van der Waals surface area contributed by atoms with Gasteiger partial charge in [-0.15, -0.1) is 6.42 Å². The third-order valence-corrected chi connectivity index (χ3v) is 2.63. The summed E-state index contributed by atoms with van der Waals surface area (Å²) in [6.45, 7) is 4.33. The maximum absolute atomic E-state index is 5.23. The molecule has 9 heavy (non-hydrogen) atoms. The predicted molar refractivity (Wildman–Crippen MR) is 45.6 cm³/mol. The summed E-state index contributed by atoms with van der Waals surface area (Å²) < 4.78 is 0. The number of hydrogen-bond acceptors (Lipinski definition) is 0. The van der Waals surface area contributed by atoms with Crippen LogP contribution in [0.5, 0.6) is 0 Å². The summed E-state index contributed by atoms with van der Waals surface area (Å²) in [5, 5.41) is 0. The molecule has 0 saturated carbocycles. The molecule has 0 heterocycles. The van der Waals surface area contributed by atoms with Gasteiger partial charge in [0, 0.05) is 0 Å². The van der Waals surface area contributed by atoms with Crippen molar-refractivity contribution in [2.45, 2.75) is 31.5 Å². The Morgan fingerprint density at radius 2 is 1.89 bits per heavy atom. The second-order valence-electron chi connectivity index (χ2n) is 2.15. The van der Waals surface area contributed by atoms with Gasteiger partial charge in [0.2, 0.25) is 0 Å². The van der Waals surface area contributed by atoms with Crippen molar-refractivity contribution in [3.8, 4) is 12.3 Å². The Labute approximate surface area is 66.2 Å². The van der Waals surface area contributed by atoms with E-state index in [2.05, 4.69) is 35.7 Å². The van der Waals surface area contributed by atoms with Crippen molar-refractivity contribution in [2.75, 3.05) is 0 Å². The molecule has 0 spiro atoms. The monoisotopic (exact) mass is 188 g/mol. The van der Waals surface area contributed by atoms with Crippen LogP contribution >= 0.6 is 15.9 Å². The zero-order valence-electron chi connectivity index (χ0n) is 6.02. The van der Waals surface area contributed by atoms with Crippen LogP contribution in [0.4, 0.5) is 0 Å². The van der Waals surface area contributed by atoms with E-state index >= 15 is 0 Å². The fourth-order valence-electron chi connectivity index (χ4n) is 0.839. The van der Waals surface area contributed by atoms with E-state index in [1.807, 2.05) is 0 Å². The molecule has 1 atom stereocenters. The van der Waals surface area contributed by atoms with Gasteiger partial charge >= 0.3 is 0 Å². The molecule has 0 amide bonds. The maximum atomic E-state index is 5.23. The highest BCUT2D eigenvalue weighted by molar-refractivity contribution is 9.09. The van der Waals surface area contributed by atoms with Gasteiger partial charge in [0.15, 0.2) is 0 Å². The van der Waals surface area contributed by atoms with Crippen LogP contribution in [0, 0.1) is 18.3 Å². The second-order valence-corrected chi connectivity index (χ2v) is 3.13. The topological polar surface area (TPSA) is 0 Å². The Bertz CT molecular complexity index is 97.6. The third-order valence-electron chi connectivity index (χ3n) is 1.62. The Hall–Kier alpha value is 0.0400. The molecule has 0 aliphatic heterocycles. The summed E-state index contributed by atoms with van der Waals surface area (Å²) in [4.78, 5) is 0.271. The van der Waals surface area contributed by atoms with E-state index in [0.717, 1.165) is 12.8 Å². The third kappa shape index (κ3) is 2.91. The minimum atomic E-state index is 0.271. The average molecular weight is 189 g/mol. The number of rotatable bonds is 3. The zero-order valence-corrected chi connectivity index (χ0v) is 7.61. The fourth-order valence-corrected chi connectivity index (χ4v) is 1.59. The Morgan fingerprint density at radius 1 is 1.44 bits per heavy atom. The first kappa shape index (κ1) is 9.04. The van der Waals surface area contributed by atoms with E-state index in [0.29, 0.717) is 5.92 Å². The van der Waals surface area contributed by atoms with Gasteiger partial charge in [-0.2, -0.15) is 0 Å². The first-order valence-corrected chi connectivity index (χ1v) is 4.28. The molecule has 0 nitrogen and oxygen atoms in total. The van der Waals surface area contributed by atoms with Crippen LogP contribution in [0.2, 0.25) is 0 Å². The standard InChI is InChI=1S/C8H13Br/c1-4-7(5-2)8(9)6-3/h3,7-8H,4-5H2,1-2H3. The molecule has 52 valence electrons. The van der Waals surface area contributed by atoms with Crippen molar-refractivity contribution in [1.29, 1.82) is 0 Å². The van der Waals surface area contributed by atoms with Gasteiger partial charge in [-0.25, -0.2) is 0 Å². The number of halogens is 1. The van der Waals surface area contributed by atoms with Crippen molar-refractivity contribution in [3.63, 3.8) is 0 Å². The zero-order chi connectivity index (χ0) is 7.28.